The monoisotopic (exact) mass is 378 g/mol. The van der Waals surface area contributed by atoms with Crippen LogP contribution in [-0.4, -0.2) is 41.5 Å². The third-order valence-electron chi connectivity index (χ3n) is 2.73. The molecule has 0 aliphatic carbocycles. The number of hydrogen-bond donors (Lipinski definition) is 2. The number of aryl methyl sites for hydroxylation is 1. The van der Waals surface area contributed by atoms with Gasteiger partial charge in [-0.15, -0.1) is 12.4 Å². The van der Waals surface area contributed by atoms with Crippen LogP contribution in [0.25, 0.3) is 0 Å². The molecular formula is C14H20BrClN2O3. The van der Waals surface area contributed by atoms with Gasteiger partial charge in [-0.3, -0.25) is 14.5 Å². The fourth-order valence-electron chi connectivity index (χ4n) is 1.88. The van der Waals surface area contributed by atoms with Crippen molar-refractivity contribution < 1.29 is 14.7 Å². The van der Waals surface area contributed by atoms with E-state index in [0.717, 1.165) is 22.1 Å². The molecule has 118 valence electrons. The van der Waals surface area contributed by atoms with E-state index in [2.05, 4.69) is 21.2 Å². The van der Waals surface area contributed by atoms with Crippen LogP contribution in [0, 0.1) is 6.92 Å². The van der Waals surface area contributed by atoms with E-state index in [-0.39, 0.29) is 31.4 Å². The maximum atomic E-state index is 12.0. The molecule has 2 N–H and O–H groups in total. The number of rotatable bonds is 7. The van der Waals surface area contributed by atoms with Crippen molar-refractivity contribution in [3.63, 3.8) is 0 Å². The average molecular weight is 380 g/mol. The SMILES string of the molecule is CCCN(CC(=O)O)CC(=O)Nc1ccc(Br)cc1C.Cl. The minimum absolute atomic E-state index is 0. The van der Waals surface area contributed by atoms with Crippen LogP contribution in [0.15, 0.2) is 22.7 Å². The summed E-state index contributed by atoms with van der Waals surface area (Å²) in [5.74, 6) is -1.13. The molecular weight excluding hydrogens is 360 g/mol. The molecule has 0 aliphatic heterocycles. The molecule has 1 aromatic carbocycles. The Bertz CT molecular complexity index is 497. The van der Waals surface area contributed by atoms with Gasteiger partial charge in [-0.1, -0.05) is 22.9 Å². The van der Waals surface area contributed by atoms with E-state index < -0.39 is 5.97 Å². The van der Waals surface area contributed by atoms with Gasteiger partial charge in [-0.25, -0.2) is 0 Å². The first-order valence-corrected chi connectivity index (χ1v) is 7.21. The van der Waals surface area contributed by atoms with Gasteiger partial charge < -0.3 is 10.4 Å². The van der Waals surface area contributed by atoms with Crippen LogP contribution < -0.4 is 5.32 Å². The summed E-state index contributed by atoms with van der Waals surface area (Å²) in [5, 5.41) is 11.6. The molecule has 0 saturated carbocycles. The molecule has 1 aromatic rings. The van der Waals surface area contributed by atoms with Gasteiger partial charge in [0.05, 0.1) is 13.1 Å². The fraction of sp³-hybridized carbons (Fsp3) is 0.429. The smallest absolute Gasteiger partial charge is 0.317 e. The number of aliphatic carboxylic acids is 1. The quantitative estimate of drug-likeness (QED) is 0.764. The van der Waals surface area contributed by atoms with Gasteiger partial charge >= 0.3 is 5.97 Å². The van der Waals surface area contributed by atoms with Crippen molar-refractivity contribution in [3.05, 3.63) is 28.2 Å². The van der Waals surface area contributed by atoms with Crippen LogP contribution in [0.1, 0.15) is 18.9 Å². The number of hydrogen-bond acceptors (Lipinski definition) is 3. The van der Waals surface area contributed by atoms with E-state index in [1.807, 2.05) is 32.0 Å². The zero-order valence-electron chi connectivity index (χ0n) is 12.1. The Hall–Kier alpha value is -1.11. The maximum Gasteiger partial charge on any atom is 0.317 e. The molecule has 0 aliphatic rings. The highest BCUT2D eigenvalue weighted by atomic mass is 79.9. The van der Waals surface area contributed by atoms with Gasteiger partial charge in [0.25, 0.3) is 0 Å². The third kappa shape index (κ3) is 7.45. The predicted molar refractivity (Wildman–Crippen MR) is 89.1 cm³/mol. The fourth-order valence-corrected chi connectivity index (χ4v) is 2.36. The predicted octanol–water partition coefficient (Wildman–Crippen LogP) is 2.91. The number of carbonyl (C=O) groups excluding carboxylic acids is 1. The van der Waals surface area contributed by atoms with Crippen molar-refractivity contribution in [3.8, 4) is 0 Å². The van der Waals surface area contributed by atoms with Crippen LogP contribution in [-0.2, 0) is 9.59 Å². The van der Waals surface area contributed by atoms with E-state index in [0.29, 0.717) is 6.54 Å². The number of nitrogens with zero attached hydrogens (tertiary/aromatic N) is 1. The van der Waals surface area contributed by atoms with Crippen LogP contribution in [0.4, 0.5) is 5.69 Å². The minimum atomic E-state index is -0.925. The van der Waals surface area contributed by atoms with Crippen molar-refractivity contribution in [2.75, 3.05) is 25.0 Å². The molecule has 0 fully saturated rings. The molecule has 7 heteroatoms. The summed E-state index contributed by atoms with van der Waals surface area (Å²) in [7, 11) is 0. The zero-order chi connectivity index (χ0) is 15.1. The summed E-state index contributed by atoms with van der Waals surface area (Å²) in [6.45, 7) is 4.39. The number of carbonyl (C=O) groups is 2. The lowest BCUT2D eigenvalue weighted by molar-refractivity contribution is -0.138. The normalized spacial score (nSPS) is 10.1. The molecule has 0 heterocycles. The second-order valence-electron chi connectivity index (χ2n) is 4.61. The molecule has 21 heavy (non-hydrogen) atoms. The highest BCUT2D eigenvalue weighted by Gasteiger charge is 2.13. The summed E-state index contributed by atoms with van der Waals surface area (Å²) in [5.41, 5.74) is 1.69. The number of benzene rings is 1. The molecule has 0 atom stereocenters. The summed E-state index contributed by atoms with van der Waals surface area (Å²) in [4.78, 5) is 24.3. The first-order valence-electron chi connectivity index (χ1n) is 6.42. The Morgan fingerprint density at radius 3 is 2.52 bits per heavy atom. The molecule has 0 spiro atoms. The number of carboxylic acids is 1. The number of anilines is 1. The average Bonchev–Trinajstić information content (AvgIpc) is 2.32. The molecule has 1 amide bonds. The lowest BCUT2D eigenvalue weighted by Crippen LogP contribution is -2.37. The second-order valence-corrected chi connectivity index (χ2v) is 5.53. The van der Waals surface area contributed by atoms with Crippen molar-refractivity contribution in [2.24, 2.45) is 0 Å². The Morgan fingerprint density at radius 1 is 1.33 bits per heavy atom. The van der Waals surface area contributed by atoms with E-state index in [9.17, 15) is 9.59 Å². The number of amides is 1. The minimum Gasteiger partial charge on any atom is -0.480 e. The van der Waals surface area contributed by atoms with Crippen LogP contribution in [0.5, 0.6) is 0 Å². The Balaban J connectivity index is 0.00000400. The van der Waals surface area contributed by atoms with Crippen LogP contribution in [0.2, 0.25) is 0 Å². The van der Waals surface area contributed by atoms with Crippen molar-refractivity contribution in [1.29, 1.82) is 0 Å². The summed E-state index contributed by atoms with van der Waals surface area (Å²) >= 11 is 3.36. The Kier molecular flexibility index (Phi) is 9.24. The molecule has 1 rings (SSSR count). The molecule has 0 unspecified atom stereocenters. The van der Waals surface area contributed by atoms with E-state index in [1.54, 1.807) is 4.90 Å². The molecule has 0 bridgehead atoms. The van der Waals surface area contributed by atoms with E-state index in [1.165, 1.54) is 0 Å². The third-order valence-corrected chi connectivity index (χ3v) is 3.22. The van der Waals surface area contributed by atoms with Gasteiger partial charge in [0.15, 0.2) is 0 Å². The molecule has 5 nitrogen and oxygen atoms in total. The molecule has 0 aromatic heterocycles. The summed E-state index contributed by atoms with van der Waals surface area (Å²) in [6.07, 6.45) is 0.803. The van der Waals surface area contributed by atoms with E-state index >= 15 is 0 Å². The van der Waals surface area contributed by atoms with Crippen molar-refractivity contribution in [2.45, 2.75) is 20.3 Å². The van der Waals surface area contributed by atoms with Crippen molar-refractivity contribution >= 4 is 45.9 Å². The highest BCUT2D eigenvalue weighted by molar-refractivity contribution is 9.10. The topological polar surface area (TPSA) is 69.6 Å². The largest absolute Gasteiger partial charge is 0.480 e. The number of carboxylic acid groups (broad SMARTS) is 1. The highest BCUT2D eigenvalue weighted by Crippen LogP contribution is 2.19. The first kappa shape index (κ1) is 19.9. The van der Waals surface area contributed by atoms with E-state index in [4.69, 9.17) is 5.11 Å². The first-order chi connectivity index (χ1) is 9.42. The van der Waals surface area contributed by atoms with Gasteiger partial charge in [0.2, 0.25) is 5.91 Å². The molecule has 0 saturated heterocycles. The maximum absolute atomic E-state index is 12.0. The van der Waals surface area contributed by atoms with Crippen LogP contribution in [0.3, 0.4) is 0 Å². The summed E-state index contributed by atoms with van der Waals surface area (Å²) in [6, 6.07) is 5.58. The standard InChI is InChI=1S/C14H19BrN2O3.ClH/c1-3-6-17(9-14(19)20)8-13(18)16-12-5-4-11(15)7-10(12)2;/h4-5,7H,3,6,8-9H2,1-2H3,(H,16,18)(H,19,20);1H. The Labute approximate surface area is 139 Å². The lowest BCUT2D eigenvalue weighted by Gasteiger charge is -2.19. The number of nitrogens with one attached hydrogen (secondary N) is 1. The van der Waals surface area contributed by atoms with Crippen LogP contribution >= 0.6 is 28.3 Å². The van der Waals surface area contributed by atoms with Gasteiger partial charge in [0.1, 0.15) is 0 Å². The Morgan fingerprint density at radius 2 is 2.00 bits per heavy atom. The summed E-state index contributed by atoms with van der Waals surface area (Å²) < 4.78 is 0.950. The lowest BCUT2D eigenvalue weighted by atomic mass is 10.2. The van der Waals surface area contributed by atoms with Gasteiger partial charge in [-0.2, -0.15) is 0 Å². The second kappa shape index (κ2) is 9.76. The van der Waals surface area contributed by atoms with Gasteiger partial charge in [-0.05, 0) is 43.7 Å². The van der Waals surface area contributed by atoms with Gasteiger partial charge in [0, 0.05) is 10.2 Å². The van der Waals surface area contributed by atoms with Crippen molar-refractivity contribution in [1.82, 2.24) is 4.90 Å². The molecule has 0 radical (unpaired) electrons. The zero-order valence-corrected chi connectivity index (χ0v) is 14.5. The number of halogens is 2.